The first kappa shape index (κ1) is 15.9. The average molecular weight is 353 g/mol. The van der Waals surface area contributed by atoms with Crippen molar-refractivity contribution >= 4 is 46.4 Å². The Morgan fingerprint density at radius 1 is 0.950 bits per heavy atom. The van der Waals surface area contributed by atoms with Gasteiger partial charge < -0.3 is 5.73 Å². The lowest BCUT2D eigenvalue weighted by molar-refractivity contribution is 0.582. The molecule has 0 aliphatic rings. The standard InChI is InChI=1S/C14H10Cl4FN/c1-14(20,7-3-2-4-9(15)13(7)18)8-5-12(19)11(17)6-10(8)16/h2-6H,20H2,1H3. The second-order valence-electron chi connectivity index (χ2n) is 4.55. The number of rotatable bonds is 2. The molecule has 0 saturated heterocycles. The zero-order valence-electron chi connectivity index (χ0n) is 10.4. The quantitative estimate of drug-likeness (QED) is 0.693. The SMILES string of the molecule is CC(N)(c1cc(F)c(Cl)cc1Cl)c1cccc(Cl)c1Cl. The highest BCUT2D eigenvalue weighted by Crippen LogP contribution is 2.39. The molecule has 0 fully saturated rings. The highest BCUT2D eigenvalue weighted by atomic mass is 35.5. The molecular weight excluding hydrogens is 343 g/mol. The van der Waals surface area contributed by atoms with Crippen LogP contribution in [-0.4, -0.2) is 0 Å². The van der Waals surface area contributed by atoms with Crippen LogP contribution < -0.4 is 5.73 Å². The van der Waals surface area contributed by atoms with E-state index in [1.54, 1.807) is 25.1 Å². The van der Waals surface area contributed by atoms with Crippen LogP contribution in [0.25, 0.3) is 0 Å². The van der Waals surface area contributed by atoms with Gasteiger partial charge in [0, 0.05) is 5.02 Å². The molecule has 106 valence electrons. The summed E-state index contributed by atoms with van der Waals surface area (Å²) in [6, 6.07) is 7.61. The van der Waals surface area contributed by atoms with Crippen LogP contribution in [0.1, 0.15) is 18.1 Å². The van der Waals surface area contributed by atoms with E-state index in [9.17, 15) is 4.39 Å². The first-order valence-electron chi connectivity index (χ1n) is 5.63. The maximum Gasteiger partial charge on any atom is 0.142 e. The van der Waals surface area contributed by atoms with Gasteiger partial charge in [-0.2, -0.15) is 0 Å². The maximum atomic E-state index is 13.7. The third kappa shape index (κ3) is 2.76. The molecule has 0 aliphatic heterocycles. The molecule has 0 aliphatic carbocycles. The van der Waals surface area contributed by atoms with Gasteiger partial charge in [-0.05, 0) is 36.2 Å². The normalized spacial score (nSPS) is 14.2. The van der Waals surface area contributed by atoms with Crippen molar-refractivity contribution in [2.45, 2.75) is 12.5 Å². The Bertz CT molecular complexity index is 670. The molecule has 2 N–H and O–H groups in total. The van der Waals surface area contributed by atoms with Crippen LogP contribution in [0.4, 0.5) is 4.39 Å². The minimum Gasteiger partial charge on any atom is -0.318 e. The van der Waals surface area contributed by atoms with Crippen molar-refractivity contribution in [3.05, 3.63) is 67.4 Å². The third-order valence-corrected chi connectivity index (χ3v) is 4.50. The number of hydrogen-bond acceptors (Lipinski definition) is 1. The van der Waals surface area contributed by atoms with Crippen molar-refractivity contribution in [3.8, 4) is 0 Å². The molecule has 0 heterocycles. The van der Waals surface area contributed by atoms with Crippen LogP contribution in [0.3, 0.4) is 0 Å². The van der Waals surface area contributed by atoms with E-state index in [1.165, 1.54) is 12.1 Å². The highest BCUT2D eigenvalue weighted by molar-refractivity contribution is 6.42. The smallest absolute Gasteiger partial charge is 0.142 e. The minimum absolute atomic E-state index is 0.0632. The summed E-state index contributed by atoms with van der Waals surface area (Å²) in [5.74, 6) is -0.596. The van der Waals surface area contributed by atoms with Gasteiger partial charge in [-0.15, -0.1) is 0 Å². The van der Waals surface area contributed by atoms with Crippen LogP contribution in [0.5, 0.6) is 0 Å². The molecule has 0 bridgehead atoms. The number of nitrogens with two attached hydrogens (primary N) is 1. The van der Waals surface area contributed by atoms with E-state index in [0.29, 0.717) is 21.2 Å². The second-order valence-corrected chi connectivity index (χ2v) is 6.15. The molecule has 20 heavy (non-hydrogen) atoms. The Morgan fingerprint density at radius 2 is 1.60 bits per heavy atom. The molecule has 2 aromatic carbocycles. The van der Waals surface area contributed by atoms with E-state index in [4.69, 9.17) is 52.1 Å². The van der Waals surface area contributed by atoms with E-state index < -0.39 is 11.4 Å². The van der Waals surface area contributed by atoms with Gasteiger partial charge in [0.2, 0.25) is 0 Å². The van der Waals surface area contributed by atoms with Crippen molar-refractivity contribution in [2.75, 3.05) is 0 Å². The van der Waals surface area contributed by atoms with Gasteiger partial charge in [0.15, 0.2) is 0 Å². The average Bonchev–Trinajstić information content (AvgIpc) is 2.36. The summed E-state index contributed by atoms with van der Waals surface area (Å²) in [6.07, 6.45) is 0. The molecular formula is C14H10Cl4FN. The van der Waals surface area contributed by atoms with Gasteiger partial charge in [-0.3, -0.25) is 0 Å². The summed E-state index contributed by atoms with van der Waals surface area (Å²) < 4.78 is 13.7. The molecule has 0 spiro atoms. The monoisotopic (exact) mass is 351 g/mol. The predicted molar refractivity (Wildman–Crippen MR) is 83.5 cm³/mol. The fourth-order valence-electron chi connectivity index (χ4n) is 1.97. The topological polar surface area (TPSA) is 26.0 Å². The molecule has 1 nitrogen and oxygen atoms in total. The maximum absolute atomic E-state index is 13.7. The van der Waals surface area contributed by atoms with Gasteiger partial charge in [-0.25, -0.2) is 4.39 Å². The Morgan fingerprint density at radius 3 is 2.25 bits per heavy atom. The zero-order chi connectivity index (χ0) is 15.1. The summed E-state index contributed by atoms with van der Waals surface area (Å²) in [7, 11) is 0. The van der Waals surface area contributed by atoms with Crippen LogP contribution in [0.2, 0.25) is 20.1 Å². The molecule has 2 aromatic rings. The van der Waals surface area contributed by atoms with Crippen LogP contribution in [0, 0.1) is 5.82 Å². The lowest BCUT2D eigenvalue weighted by Gasteiger charge is -2.28. The predicted octanol–water partition coefficient (Wildman–Crippen LogP) is 5.66. The summed E-state index contributed by atoms with van der Waals surface area (Å²) in [5, 5.41) is 0.876. The number of hydrogen-bond donors (Lipinski definition) is 1. The molecule has 6 heteroatoms. The summed E-state index contributed by atoms with van der Waals surface area (Å²) in [4.78, 5) is 0. The minimum atomic E-state index is -1.11. The van der Waals surface area contributed by atoms with E-state index >= 15 is 0 Å². The van der Waals surface area contributed by atoms with E-state index in [-0.39, 0.29) is 10.0 Å². The van der Waals surface area contributed by atoms with Gasteiger partial charge in [0.05, 0.1) is 20.6 Å². The molecule has 0 amide bonds. The Labute approximate surface area is 136 Å². The van der Waals surface area contributed by atoms with Crippen molar-refractivity contribution in [1.29, 1.82) is 0 Å². The molecule has 1 atom stereocenters. The lowest BCUT2D eigenvalue weighted by atomic mass is 9.85. The second kappa shape index (κ2) is 5.70. The summed E-state index contributed by atoms with van der Waals surface area (Å²) in [5.41, 5.74) is 6.14. The molecule has 2 rings (SSSR count). The molecule has 0 radical (unpaired) electrons. The molecule has 0 saturated carbocycles. The number of halogens is 5. The van der Waals surface area contributed by atoms with Crippen LogP contribution in [0.15, 0.2) is 30.3 Å². The van der Waals surface area contributed by atoms with Gasteiger partial charge in [0.25, 0.3) is 0 Å². The zero-order valence-corrected chi connectivity index (χ0v) is 13.4. The Hall–Kier alpha value is -0.510. The van der Waals surface area contributed by atoms with Crippen LogP contribution in [-0.2, 0) is 5.54 Å². The highest BCUT2D eigenvalue weighted by Gasteiger charge is 2.30. The molecule has 1 unspecified atom stereocenters. The first-order chi connectivity index (χ1) is 9.25. The van der Waals surface area contributed by atoms with Gasteiger partial charge >= 0.3 is 0 Å². The fraction of sp³-hybridized carbons (Fsp3) is 0.143. The first-order valence-corrected chi connectivity index (χ1v) is 7.14. The van der Waals surface area contributed by atoms with Gasteiger partial charge in [-0.1, -0.05) is 58.5 Å². The summed E-state index contributed by atoms with van der Waals surface area (Å²) >= 11 is 24.0. The van der Waals surface area contributed by atoms with Gasteiger partial charge in [0.1, 0.15) is 5.82 Å². The Balaban J connectivity index is 2.66. The van der Waals surface area contributed by atoms with Crippen molar-refractivity contribution in [2.24, 2.45) is 5.73 Å². The van der Waals surface area contributed by atoms with Crippen LogP contribution >= 0.6 is 46.4 Å². The van der Waals surface area contributed by atoms with Crippen molar-refractivity contribution in [3.63, 3.8) is 0 Å². The van der Waals surface area contributed by atoms with Crippen molar-refractivity contribution in [1.82, 2.24) is 0 Å². The Kier molecular flexibility index (Phi) is 4.53. The van der Waals surface area contributed by atoms with Crippen molar-refractivity contribution < 1.29 is 4.39 Å². The third-order valence-electron chi connectivity index (χ3n) is 3.08. The summed E-state index contributed by atoms with van der Waals surface area (Å²) in [6.45, 7) is 1.68. The molecule has 0 aromatic heterocycles. The van der Waals surface area contributed by atoms with E-state index in [1.807, 2.05) is 0 Å². The lowest BCUT2D eigenvalue weighted by Crippen LogP contribution is -2.35. The number of benzene rings is 2. The fourth-order valence-corrected chi connectivity index (χ4v) is 3.05. The van der Waals surface area contributed by atoms with E-state index in [0.717, 1.165) is 0 Å². The van der Waals surface area contributed by atoms with E-state index in [2.05, 4.69) is 0 Å². The largest absolute Gasteiger partial charge is 0.318 e.